The first-order valence-electron chi connectivity index (χ1n) is 6.63. The molecule has 0 bridgehead atoms. The number of fused-ring (bicyclic) bond motifs is 1. The van der Waals surface area contributed by atoms with Gasteiger partial charge in [-0.2, -0.15) is 4.99 Å². The van der Waals surface area contributed by atoms with E-state index in [1.54, 1.807) is 0 Å². The van der Waals surface area contributed by atoms with E-state index >= 15 is 0 Å². The van der Waals surface area contributed by atoms with E-state index in [2.05, 4.69) is 9.98 Å². The SMILES string of the molecule is CSC1=NC(=O)C(Cc2c[nH]c3ccccc23)N1C(C)=O. The Morgan fingerprint density at radius 1 is 1.43 bits per heavy atom. The lowest BCUT2D eigenvalue weighted by atomic mass is 10.0. The Morgan fingerprint density at radius 3 is 2.90 bits per heavy atom. The van der Waals surface area contributed by atoms with Crippen LogP contribution in [-0.2, 0) is 16.0 Å². The number of amides is 2. The van der Waals surface area contributed by atoms with Gasteiger partial charge in [0.05, 0.1) is 0 Å². The molecule has 2 heterocycles. The van der Waals surface area contributed by atoms with Crippen molar-refractivity contribution in [2.75, 3.05) is 6.26 Å². The van der Waals surface area contributed by atoms with Gasteiger partial charge in [0, 0.05) is 30.4 Å². The van der Waals surface area contributed by atoms with Crippen LogP contribution in [0, 0.1) is 0 Å². The third-order valence-electron chi connectivity index (χ3n) is 3.62. The van der Waals surface area contributed by atoms with Crippen LogP contribution in [0.25, 0.3) is 10.9 Å². The van der Waals surface area contributed by atoms with Crippen LogP contribution < -0.4 is 0 Å². The zero-order chi connectivity index (χ0) is 15.0. The van der Waals surface area contributed by atoms with E-state index in [9.17, 15) is 9.59 Å². The third-order valence-corrected chi connectivity index (χ3v) is 4.27. The maximum Gasteiger partial charge on any atom is 0.271 e. The molecule has 0 fully saturated rings. The molecule has 3 rings (SSSR count). The second kappa shape index (κ2) is 5.37. The van der Waals surface area contributed by atoms with Crippen molar-refractivity contribution in [2.24, 2.45) is 4.99 Å². The summed E-state index contributed by atoms with van der Waals surface area (Å²) in [7, 11) is 0. The number of hydrogen-bond acceptors (Lipinski definition) is 3. The lowest BCUT2D eigenvalue weighted by molar-refractivity contribution is -0.131. The molecule has 21 heavy (non-hydrogen) atoms. The van der Waals surface area contributed by atoms with Crippen molar-refractivity contribution >= 4 is 39.6 Å². The molecule has 0 spiro atoms. The van der Waals surface area contributed by atoms with Gasteiger partial charge in [0.1, 0.15) is 6.04 Å². The molecular weight excluding hydrogens is 286 g/mol. The zero-order valence-electron chi connectivity index (χ0n) is 11.8. The second-order valence-corrected chi connectivity index (χ2v) is 5.68. The number of aromatic nitrogens is 1. The number of hydrogen-bond donors (Lipinski definition) is 1. The Hall–Kier alpha value is -2.08. The third kappa shape index (κ3) is 2.35. The van der Waals surface area contributed by atoms with E-state index in [0.29, 0.717) is 11.6 Å². The predicted molar refractivity (Wildman–Crippen MR) is 84.3 cm³/mol. The molecule has 1 aromatic heterocycles. The van der Waals surface area contributed by atoms with E-state index in [-0.39, 0.29) is 11.8 Å². The molecular formula is C15H15N3O2S. The quantitative estimate of drug-likeness (QED) is 0.924. The molecule has 1 aliphatic rings. The number of H-pyrrole nitrogens is 1. The van der Waals surface area contributed by atoms with Gasteiger partial charge in [-0.1, -0.05) is 30.0 Å². The summed E-state index contributed by atoms with van der Waals surface area (Å²) in [6.07, 6.45) is 4.18. The fourth-order valence-electron chi connectivity index (χ4n) is 2.65. The van der Waals surface area contributed by atoms with Crippen molar-refractivity contribution in [3.8, 4) is 0 Å². The molecule has 0 saturated heterocycles. The molecule has 1 atom stereocenters. The molecule has 6 heteroatoms. The Bertz CT molecular complexity index is 750. The maximum absolute atomic E-state index is 12.1. The largest absolute Gasteiger partial charge is 0.361 e. The number of carbonyl (C=O) groups is 2. The summed E-state index contributed by atoms with van der Waals surface area (Å²) < 4.78 is 0. The number of thioether (sulfide) groups is 1. The molecule has 0 saturated carbocycles. The van der Waals surface area contributed by atoms with E-state index < -0.39 is 6.04 Å². The number of benzene rings is 1. The first-order chi connectivity index (χ1) is 10.1. The number of nitrogens with one attached hydrogen (secondary N) is 1. The van der Waals surface area contributed by atoms with Crippen LogP contribution in [-0.4, -0.2) is 39.2 Å². The van der Waals surface area contributed by atoms with Crippen molar-refractivity contribution in [2.45, 2.75) is 19.4 Å². The van der Waals surface area contributed by atoms with Gasteiger partial charge in [0.2, 0.25) is 5.91 Å². The van der Waals surface area contributed by atoms with Gasteiger partial charge >= 0.3 is 0 Å². The van der Waals surface area contributed by atoms with Crippen LogP contribution in [0.4, 0.5) is 0 Å². The Labute approximate surface area is 126 Å². The summed E-state index contributed by atoms with van der Waals surface area (Å²) >= 11 is 1.32. The number of aliphatic imine (C=N–C) groups is 1. The standard InChI is InChI=1S/C15H15N3O2S/c1-9(19)18-13(14(20)17-15(18)21-2)7-10-8-16-12-6-4-3-5-11(10)12/h3-6,8,13,16H,7H2,1-2H3. The molecule has 1 aromatic carbocycles. The van der Waals surface area contributed by atoms with E-state index in [4.69, 9.17) is 0 Å². The molecule has 5 nitrogen and oxygen atoms in total. The second-order valence-electron chi connectivity index (χ2n) is 4.91. The van der Waals surface area contributed by atoms with Crippen molar-refractivity contribution in [1.29, 1.82) is 0 Å². The van der Waals surface area contributed by atoms with Gasteiger partial charge in [-0.25, -0.2) is 0 Å². The highest BCUT2D eigenvalue weighted by atomic mass is 32.2. The van der Waals surface area contributed by atoms with E-state index in [1.165, 1.54) is 23.6 Å². The highest BCUT2D eigenvalue weighted by Crippen LogP contribution is 2.25. The van der Waals surface area contributed by atoms with Crippen LogP contribution in [0.15, 0.2) is 35.5 Å². The highest BCUT2D eigenvalue weighted by Gasteiger charge is 2.37. The summed E-state index contributed by atoms with van der Waals surface area (Å²) in [5, 5.41) is 1.56. The van der Waals surface area contributed by atoms with Gasteiger partial charge in [-0.3, -0.25) is 14.5 Å². The van der Waals surface area contributed by atoms with Crippen molar-refractivity contribution in [1.82, 2.24) is 9.88 Å². The average Bonchev–Trinajstić information content (AvgIpc) is 3.02. The van der Waals surface area contributed by atoms with Gasteiger partial charge in [0.25, 0.3) is 5.91 Å². The number of nitrogens with zero attached hydrogens (tertiary/aromatic N) is 2. The minimum absolute atomic E-state index is 0.154. The fourth-order valence-corrected chi connectivity index (χ4v) is 3.29. The van der Waals surface area contributed by atoms with Gasteiger partial charge in [-0.15, -0.1) is 0 Å². The summed E-state index contributed by atoms with van der Waals surface area (Å²) in [5.41, 5.74) is 2.05. The maximum atomic E-state index is 12.1. The van der Waals surface area contributed by atoms with Crippen LogP contribution >= 0.6 is 11.8 Å². The highest BCUT2D eigenvalue weighted by molar-refractivity contribution is 8.13. The predicted octanol–water partition coefficient (Wildman–Crippen LogP) is 2.19. The van der Waals surface area contributed by atoms with Crippen molar-refractivity contribution in [3.05, 3.63) is 36.0 Å². The summed E-state index contributed by atoms with van der Waals surface area (Å²) in [6, 6.07) is 7.38. The van der Waals surface area contributed by atoms with Crippen LogP contribution in [0.5, 0.6) is 0 Å². The normalized spacial score (nSPS) is 18.4. The zero-order valence-corrected chi connectivity index (χ0v) is 12.6. The molecule has 1 aliphatic heterocycles. The molecule has 1 unspecified atom stereocenters. The monoisotopic (exact) mass is 301 g/mol. The molecule has 108 valence electrons. The Morgan fingerprint density at radius 2 is 2.19 bits per heavy atom. The molecule has 1 N–H and O–H groups in total. The average molecular weight is 301 g/mol. The van der Waals surface area contributed by atoms with Crippen LogP contribution in [0.1, 0.15) is 12.5 Å². The van der Waals surface area contributed by atoms with Crippen LogP contribution in [0.2, 0.25) is 0 Å². The van der Waals surface area contributed by atoms with Crippen molar-refractivity contribution < 1.29 is 9.59 Å². The summed E-state index contributed by atoms with van der Waals surface area (Å²) in [4.78, 5) is 32.6. The van der Waals surface area contributed by atoms with Gasteiger partial charge in [-0.05, 0) is 17.9 Å². The summed E-state index contributed by atoms with van der Waals surface area (Å²) in [6.45, 7) is 1.46. The Balaban J connectivity index is 1.93. The number of aromatic amines is 1. The first kappa shape index (κ1) is 13.9. The number of para-hydroxylation sites is 1. The lowest BCUT2D eigenvalue weighted by Gasteiger charge is -2.22. The van der Waals surface area contributed by atoms with Crippen LogP contribution in [0.3, 0.4) is 0 Å². The summed E-state index contributed by atoms with van der Waals surface area (Å²) in [5.74, 6) is -0.404. The van der Waals surface area contributed by atoms with E-state index in [0.717, 1.165) is 16.5 Å². The molecule has 0 aliphatic carbocycles. The first-order valence-corrected chi connectivity index (χ1v) is 7.85. The van der Waals surface area contributed by atoms with E-state index in [1.807, 2.05) is 36.7 Å². The lowest BCUT2D eigenvalue weighted by Crippen LogP contribution is -2.41. The smallest absolute Gasteiger partial charge is 0.271 e. The molecule has 2 amide bonds. The molecule has 0 radical (unpaired) electrons. The Kier molecular flexibility index (Phi) is 3.55. The number of carbonyl (C=O) groups excluding carboxylic acids is 2. The minimum Gasteiger partial charge on any atom is -0.361 e. The van der Waals surface area contributed by atoms with Crippen molar-refractivity contribution in [3.63, 3.8) is 0 Å². The minimum atomic E-state index is -0.538. The number of rotatable bonds is 2. The molecule has 2 aromatic rings. The fraction of sp³-hybridized carbons (Fsp3) is 0.267. The van der Waals surface area contributed by atoms with Gasteiger partial charge in [0.15, 0.2) is 5.17 Å². The topological polar surface area (TPSA) is 65.5 Å². The number of amidine groups is 1. The van der Waals surface area contributed by atoms with Gasteiger partial charge < -0.3 is 4.98 Å².